The van der Waals surface area contributed by atoms with E-state index in [1.807, 2.05) is 38.3 Å². The molecule has 1 saturated carbocycles. The van der Waals surface area contributed by atoms with Gasteiger partial charge in [-0.15, -0.1) is 0 Å². The highest BCUT2D eigenvalue weighted by Crippen LogP contribution is 2.35. The van der Waals surface area contributed by atoms with Crippen LogP contribution in [0.15, 0.2) is 18.2 Å². The number of ether oxygens (including phenoxy) is 1. The molecule has 1 aromatic carbocycles. The van der Waals surface area contributed by atoms with Gasteiger partial charge >= 0.3 is 6.09 Å². The summed E-state index contributed by atoms with van der Waals surface area (Å²) in [5.41, 5.74) is 2.24. The molecule has 0 radical (unpaired) electrons. The Bertz CT molecular complexity index is 895. The van der Waals surface area contributed by atoms with Crippen molar-refractivity contribution in [2.45, 2.75) is 104 Å². The van der Waals surface area contributed by atoms with Crippen molar-refractivity contribution in [2.24, 2.45) is 0 Å². The van der Waals surface area contributed by atoms with Crippen molar-refractivity contribution in [3.63, 3.8) is 0 Å². The highest BCUT2D eigenvalue weighted by molar-refractivity contribution is 7.98. The second kappa shape index (κ2) is 13.9. The molecule has 2 unspecified atom stereocenters. The lowest BCUT2D eigenvalue weighted by Gasteiger charge is -2.44. The molecule has 3 amide bonds. The van der Waals surface area contributed by atoms with E-state index in [0.29, 0.717) is 18.7 Å². The first-order chi connectivity index (χ1) is 17.0. The van der Waals surface area contributed by atoms with Crippen molar-refractivity contribution >= 4 is 29.7 Å². The number of hydrogen-bond donors (Lipinski definition) is 2. The number of carbonyl (C=O) groups is 3. The fraction of sp³-hybridized carbons (Fsp3) is 0.679. The van der Waals surface area contributed by atoms with E-state index in [-0.39, 0.29) is 17.9 Å². The van der Waals surface area contributed by atoms with Gasteiger partial charge in [0.2, 0.25) is 11.8 Å². The number of carbonyl (C=O) groups excluding carboxylic acids is 3. The molecule has 1 fully saturated rings. The fourth-order valence-electron chi connectivity index (χ4n) is 4.28. The van der Waals surface area contributed by atoms with Gasteiger partial charge in [0.05, 0.1) is 0 Å². The molecule has 8 heteroatoms. The topological polar surface area (TPSA) is 87.7 Å². The molecule has 7 nitrogen and oxygen atoms in total. The summed E-state index contributed by atoms with van der Waals surface area (Å²) >= 11 is 1.61. The van der Waals surface area contributed by atoms with Crippen molar-refractivity contribution in [2.75, 3.05) is 18.6 Å². The Kier molecular flexibility index (Phi) is 11.6. The molecule has 2 atom stereocenters. The number of nitrogens with one attached hydrogen (secondary N) is 2. The van der Waals surface area contributed by atoms with Gasteiger partial charge in [-0.3, -0.25) is 9.59 Å². The quantitative estimate of drug-likeness (QED) is 0.367. The molecular formula is C28H45N3O4S. The average molecular weight is 520 g/mol. The maximum atomic E-state index is 14.2. The standard InChI is InChI=1S/C28H45N3O4S/c1-8-9-17-29-25(32)24(22-15-10-12-19(2)20(22)3)31(21-13-11-14-21)26(33)23(16-18-36-7)30-27(34)35-28(4,5)6/h10,12,15,21,23-24H,8-9,11,13-14,16-18H2,1-7H3,(H,29,32)(H,30,34). The molecule has 202 valence electrons. The van der Waals surface area contributed by atoms with Gasteiger partial charge in [-0.2, -0.15) is 11.8 Å². The van der Waals surface area contributed by atoms with Crippen molar-refractivity contribution in [1.82, 2.24) is 15.5 Å². The largest absolute Gasteiger partial charge is 0.444 e. The van der Waals surface area contributed by atoms with Crippen LogP contribution in [0.1, 0.15) is 89.0 Å². The van der Waals surface area contributed by atoms with Crippen molar-refractivity contribution in [3.8, 4) is 0 Å². The van der Waals surface area contributed by atoms with Gasteiger partial charge < -0.3 is 20.3 Å². The molecule has 2 N–H and O–H groups in total. The molecule has 1 aromatic rings. The summed E-state index contributed by atoms with van der Waals surface area (Å²) in [5, 5.41) is 5.89. The van der Waals surface area contributed by atoms with E-state index in [9.17, 15) is 14.4 Å². The van der Waals surface area contributed by atoms with Crippen molar-refractivity contribution in [3.05, 3.63) is 34.9 Å². The van der Waals surface area contributed by atoms with Crippen LogP contribution in [0, 0.1) is 13.8 Å². The van der Waals surface area contributed by atoms with E-state index in [2.05, 4.69) is 17.6 Å². The number of thioether (sulfide) groups is 1. The predicted molar refractivity (Wildman–Crippen MR) is 147 cm³/mol. The highest BCUT2D eigenvalue weighted by Gasteiger charge is 2.42. The summed E-state index contributed by atoms with van der Waals surface area (Å²) < 4.78 is 5.46. The monoisotopic (exact) mass is 519 g/mol. The van der Waals surface area contributed by atoms with Gasteiger partial charge in [0, 0.05) is 12.6 Å². The number of benzene rings is 1. The molecule has 0 spiro atoms. The van der Waals surface area contributed by atoms with E-state index in [0.717, 1.165) is 48.8 Å². The third kappa shape index (κ3) is 8.43. The second-order valence-corrected chi connectivity index (χ2v) is 11.6. The zero-order valence-electron chi connectivity index (χ0n) is 23.1. The Morgan fingerprint density at radius 2 is 1.89 bits per heavy atom. The summed E-state index contributed by atoms with van der Waals surface area (Å²) in [6, 6.07) is 4.34. The summed E-state index contributed by atoms with van der Waals surface area (Å²) in [4.78, 5) is 42.3. The summed E-state index contributed by atoms with van der Waals surface area (Å²) in [6.07, 6.45) is 6.36. The van der Waals surface area contributed by atoms with Crippen LogP contribution in [0.5, 0.6) is 0 Å². The molecule has 0 aromatic heterocycles. The van der Waals surface area contributed by atoms with Gasteiger partial charge in [-0.05, 0) is 95.4 Å². The summed E-state index contributed by atoms with van der Waals surface area (Å²) in [5.74, 6) is 0.302. The third-order valence-corrected chi connectivity index (χ3v) is 7.26. The minimum Gasteiger partial charge on any atom is -0.444 e. The third-order valence-electron chi connectivity index (χ3n) is 6.62. The molecule has 2 rings (SSSR count). The van der Waals surface area contributed by atoms with Crippen LogP contribution in [-0.4, -0.2) is 59.0 Å². The number of aryl methyl sites for hydroxylation is 1. The van der Waals surface area contributed by atoms with Gasteiger partial charge in [-0.1, -0.05) is 31.5 Å². The molecule has 0 aliphatic heterocycles. The van der Waals surface area contributed by atoms with E-state index >= 15 is 0 Å². The fourth-order valence-corrected chi connectivity index (χ4v) is 4.75. The zero-order chi connectivity index (χ0) is 26.9. The highest BCUT2D eigenvalue weighted by atomic mass is 32.2. The minimum atomic E-state index is -0.774. The Balaban J connectivity index is 2.48. The Hall–Kier alpha value is -2.22. The molecule has 1 aliphatic rings. The summed E-state index contributed by atoms with van der Waals surface area (Å²) in [6.45, 7) is 12.1. The second-order valence-electron chi connectivity index (χ2n) is 10.6. The van der Waals surface area contributed by atoms with E-state index in [1.54, 1.807) is 37.4 Å². The molecule has 1 aliphatic carbocycles. The van der Waals surface area contributed by atoms with Crippen LogP contribution in [0.25, 0.3) is 0 Å². The number of unbranched alkanes of at least 4 members (excludes halogenated alkanes) is 1. The SMILES string of the molecule is CCCCNC(=O)C(c1cccc(C)c1C)N(C(=O)C(CCSC)NC(=O)OC(C)(C)C)C1CCC1. The first kappa shape index (κ1) is 30.0. The van der Waals surface area contributed by atoms with Crippen molar-refractivity contribution in [1.29, 1.82) is 0 Å². The molecule has 36 heavy (non-hydrogen) atoms. The normalized spacial score (nSPS) is 15.4. The number of rotatable bonds is 12. The first-order valence-corrected chi connectivity index (χ1v) is 14.5. The van der Waals surface area contributed by atoms with Gasteiger partial charge in [-0.25, -0.2) is 4.79 Å². The molecule has 0 saturated heterocycles. The lowest BCUT2D eigenvalue weighted by Crippen LogP contribution is -2.57. The number of alkyl carbamates (subject to hydrolysis) is 1. The average Bonchev–Trinajstić information content (AvgIpc) is 2.76. The van der Waals surface area contributed by atoms with Crippen LogP contribution in [0.2, 0.25) is 0 Å². The lowest BCUT2D eigenvalue weighted by atomic mass is 9.86. The molecular weight excluding hydrogens is 474 g/mol. The first-order valence-electron chi connectivity index (χ1n) is 13.1. The number of amides is 3. The maximum Gasteiger partial charge on any atom is 0.408 e. The Labute approximate surface area is 221 Å². The van der Waals surface area contributed by atoms with E-state index in [1.165, 1.54) is 0 Å². The maximum absolute atomic E-state index is 14.2. The van der Waals surface area contributed by atoms with E-state index < -0.39 is 23.8 Å². The predicted octanol–water partition coefficient (Wildman–Crippen LogP) is 5.29. The van der Waals surface area contributed by atoms with Gasteiger partial charge in [0.15, 0.2) is 0 Å². The Morgan fingerprint density at radius 1 is 1.19 bits per heavy atom. The van der Waals surface area contributed by atoms with E-state index in [4.69, 9.17) is 4.74 Å². The Morgan fingerprint density at radius 3 is 2.44 bits per heavy atom. The zero-order valence-corrected chi connectivity index (χ0v) is 23.9. The smallest absolute Gasteiger partial charge is 0.408 e. The van der Waals surface area contributed by atoms with Gasteiger partial charge in [0.1, 0.15) is 17.7 Å². The van der Waals surface area contributed by atoms with Crippen LogP contribution < -0.4 is 10.6 Å². The summed E-state index contributed by atoms with van der Waals surface area (Å²) in [7, 11) is 0. The van der Waals surface area contributed by atoms with Crippen LogP contribution in [0.4, 0.5) is 4.79 Å². The molecule has 0 bridgehead atoms. The molecule has 0 heterocycles. The lowest BCUT2D eigenvalue weighted by molar-refractivity contribution is -0.147. The van der Waals surface area contributed by atoms with Crippen LogP contribution >= 0.6 is 11.8 Å². The van der Waals surface area contributed by atoms with Crippen molar-refractivity contribution < 1.29 is 19.1 Å². The van der Waals surface area contributed by atoms with Crippen LogP contribution in [0.3, 0.4) is 0 Å². The van der Waals surface area contributed by atoms with Gasteiger partial charge in [0.25, 0.3) is 0 Å². The number of hydrogen-bond acceptors (Lipinski definition) is 5. The minimum absolute atomic E-state index is 0.0449. The van der Waals surface area contributed by atoms with Crippen LogP contribution in [-0.2, 0) is 14.3 Å². The number of nitrogens with zero attached hydrogens (tertiary/aromatic N) is 1.